The van der Waals surface area contributed by atoms with Gasteiger partial charge < -0.3 is 16.3 Å². The zero-order valence-corrected chi connectivity index (χ0v) is 11.8. The Labute approximate surface area is 122 Å². The highest BCUT2D eigenvalue weighted by Gasteiger charge is 2.22. The molecule has 1 aromatic carbocycles. The molecule has 0 radical (unpaired) electrons. The molecule has 6 nitrogen and oxygen atoms in total. The minimum absolute atomic E-state index is 0.0805. The van der Waals surface area contributed by atoms with Crippen molar-refractivity contribution in [2.24, 2.45) is 16.8 Å². The summed E-state index contributed by atoms with van der Waals surface area (Å²) in [5.74, 6) is -1.03. The second-order valence-corrected chi connectivity index (χ2v) is 4.77. The van der Waals surface area contributed by atoms with E-state index >= 15 is 0 Å². The summed E-state index contributed by atoms with van der Waals surface area (Å²) in [4.78, 5) is 16.5. The van der Waals surface area contributed by atoms with Crippen LogP contribution in [-0.2, 0) is 4.79 Å². The number of amidine groups is 1. The number of nitrogens with zero attached hydrogens (tertiary/aromatic N) is 2. The average molecular weight is 286 g/mol. The molecule has 0 fully saturated rings. The lowest BCUT2D eigenvalue weighted by Gasteiger charge is -2.14. The molecule has 0 spiro atoms. The van der Waals surface area contributed by atoms with Crippen LogP contribution in [0.3, 0.4) is 0 Å². The first-order valence-electron chi connectivity index (χ1n) is 6.78. The first-order chi connectivity index (χ1) is 10.2. The normalized spacial score (nSPS) is 13.1. The minimum atomic E-state index is -0.647. The molecule has 1 atom stereocenters. The van der Waals surface area contributed by atoms with Gasteiger partial charge in [-0.1, -0.05) is 36.7 Å². The summed E-state index contributed by atoms with van der Waals surface area (Å²) in [6.07, 6.45) is 2.86. The third-order valence-electron chi connectivity index (χ3n) is 3.22. The molecule has 1 heterocycles. The van der Waals surface area contributed by atoms with Crippen LogP contribution in [0.25, 0.3) is 10.9 Å². The standard InChI is InChI=1S/C15H18N4O2/c1-2-5-12(14(16)19-21)15(20)18-11-8-10-6-3-4-7-13(10)17-9-11/h3-4,6-9,12,21H,2,5H2,1H3,(H2,16,19)(H,18,20). The molecule has 0 saturated heterocycles. The van der Waals surface area contributed by atoms with Gasteiger partial charge in [0.15, 0.2) is 5.84 Å². The van der Waals surface area contributed by atoms with E-state index in [1.54, 1.807) is 6.20 Å². The van der Waals surface area contributed by atoms with Crippen LogP contribution in [0.2, 0.25) is 0 Å². The van der Waals surface area contributed by atoms with Crippen LogP contribution in [0.1, 0.15) is 19.8 Å². The van der Waals surface area contributed by atoms with Gasteiger partial charge in [0, 0.05) is 5.39 Å². The van der Waals surface area contributed by atoms with Gasteiger partial charge in [-0.25, -0.2) is 0 Å². The predicted octanol–water partition coefficient (Wildman–Crippen LogP) is 2.34. The van der Waals surface area contributed by atoms with Gasteiger partial charge in [0.25, 0.3) is 0 Å². The second-order valence-electron chi connectivity index (χ2n) is 4.77. The number of aromatic nitrogens is 1. The monoisotopic (exact) mass is 286 g/mol. The van der Waals surface area contributed by atoms with Crippen molar-refractivity contribution in [3.05, 3.63) is 36.5 Å². The van der Waals surface area contributed by atoms with Gasteiger partial charge in [-0.05, 0) is 18.6 Å². The van der Waals surface area contributed by atoms with Gasteiger partial charge >= 0.3 is 0 Å². The van der Waals surface area contributed by atoms with E-state index in [-0.39, 0.29) is 11.7 Å². The summed E-state index contributed by atoms with van der Waals surface area (Å²) in [5, 5.41) is 15.4. The Morgan fingerprint density at radius 2 is 2.24 bits per heavy atom. The molecule has 0 saturated carbocycles. The van der Waals surface area contributed by atoms with Crippen LogP contribution in [-0.4, -0.2) is 21.9 Å². The van der Waals surface area contributed by atoms with Crippen molar-refractivity contribution in [2.45, 2.75) is 19.8 Å². The molecule has 2 rings (SSSR count). The summed E-state index contributed by atoms with van der Waals surface area (Å²) in [6, 6.07) is 9.48. The minimum Gasteiger partial charge on any atom is -0.409 e. The number of para-hydroxylation sites is 1. The third-order valence-corrected chi connectivity index (χ3v) is 3.22. The number of pyridine rings is 1. The number of carbonyl (C=O) groups excluding carboxylic acids is 1. The quantitative estimate of drug-likeness (QED) is 0.340. The van der Waals surface area contributed by atoms with E-state index in [1.165, 1.54) is 0 Å². The zero-order valence-electron chi connectivity index (χ0n) is 11.8. The van der Waals surface area contributed by atoms with Crippen LogP contribution in [0.4, 0.5) is 5.69 Å². The number of rotatable bonds is 5. The van der Waals surface area contributed by atoms with Crippen molar-refractivity contribution >= 4 is 28.3 Å². The fourth-order valence-corrected chi connectivity index (χ4v) is 2.14. The highest BCUT2D eigenvalue weighted by Crippen LogP contribution is 2.17. The molecule has 4 N–H and O–H groups in total. The maximum atomic E-state index is 12.2. The Bertz CT molecular complexity index is 670. The molecule has 1 amide bonds. The van der Waals surface area contributed by atoms with Crippen molar-refractivity contribution in [1.29, 1.82) is 0 Å². The molecule has 0 bridgehead atoms. The van der Waals surface area contributed by atoms with E-state index in [9.17, 15) is 4.79 Å². The molecule has 0 aliphatic heterocycles. The number of fused-ring (bicyclic) bond motifs is 1. The van der Waals surface area contributed by atoms with Crippen LogP contribution >= 0.6 is 0 Å². The molecule has 110 valence electrons. The van der Waals surface area contributed by atoms with Gasteiger partial charge in [-0.3, -0.25) is 9.78 Å². The Hall–Kier alpha value is -2.63. The van der Waals surface area contributed by atoms with Crippen molar-refractivity contribution in [2.75, 3.05) is 5.32 Å². The van der Waals surface area contributed by atoms with Crippen molar-refractivity contribution in [1.82, 2.24) is 4.98 Å². The van der Waals surface area contributed by atoms with Crippen LogP contribution < -0.4 is 11.1 Å². The lowest BCUT2D eigenvalue weighted by Crippen LogP contribution is -2.34. The van der Waals surface area contributed by atoms with Crippen molar-refractivity contribution < 1.29 is 10.0 Å². The van der Waals surface area contributed by atoms with Crippen molar-refractivity contribution in [3.63, 3.8) is 0 Å². The highest BCUT2D eigenvalue weighted by molar-refractivity contribution is 6.08. The maximum Gasteiger partial charge on any atom is 0.235 e. The summed E-state index contributed by atoms with van der Waals surface area (Å²) in [6.45, 7) is 1.93. The molecular formula is C15H18N4O2. The van der Waals surface area contributed by atoms with Crippen LogP contribution in [0, 0.1) is 5.92 Å². The maximum absolute atomic E-state index is 12.2. The number of benzene rings is 1. The molecule has 2 aromatic rings. The van der Waals surface area contributed by atoms with E-state index in [4.69, 9.17) is 10.9 Å². The van der Waals surface area contributed by atoms with Gasteiger partial charge in [0.05, 0.1) is 23.3 Å². The molecule has 1 aromatic heterocycles. The van der Waals surface area contributed by atoms with Gasteiger partial charge in [-0.15, -0.1) is 0 Å². The van der Waals surface area contributed by atoms with Crippen LogP contribution in [0.5, 0.6) is 0 Å². The molecule has 1 unspecified atom stereocenters. The Morgan fingerprint density at radius 3 is 2.95 bits per heavy atom. The Balaban J connectivity index is 2.19. The molecule has 6 heteroatoms. The summed E-state index contributed by atoms with van der Waals surface area (Å²) < 4.78 is 0. The number of oxime groups is 1. The third kappa shape index (κ3) is 3.47. The number of amides is 1. The molecule has 0 aliphatic carbocycles. The van der Waals surface area contributed by atoms with E-state index in [0.717, 1.165) is 17.3 Å². The summed E-state index contributed by atoms with van der Waals surface area (Å²) in [7, 11) is 0. The van der Waals surface area contributed by atoms with Gasteiger partial charge in [-0.2, -0.15) is 0 Å². The average Bonchev–Trinajstić information content (AvgIpc) is 2.51. The lowest BCUT2D eigenvalue weighted by atomic mass is 10.0. The SMILES string of the molecule is CCCC(C(=O)Nc1cnc2ccccc2c1)C(N)=NO. The number of nitrogens with two attached hydrogens (primary N) is 1. The summed E-state index contributed by atoms with van der Waals surface area (Å²) >= 11 is 0. The Kier molecular flexibility index (Phi) is 4.71. The van der Waals surface area contributed by atoms with E-state index in [2.05, 4.69) is 15.5 Å². The fraction of sp³-hybridized carbons (Fsp3) is 0.267. The Morgan fingerprint density at radius 1 is 1.48 bits per heavy atom. The van der Waals surface area contributed by atoms with Gasteiger partial charge in [0.2, 0.25) is 5.91 Å². The smallest absolute Gasteiger partial charge is 0.235 e. The van der Waals surface area contributed by atoms with E-state index in [0.29, 0.717) is 12.1 Å². The zero-order chi connectivity index (χ0) is 15.2. The number of hydrogen-bond donors (Lipinski definition) is 3. The largest absolute Gasteiger partial charge is 0.409 e. The number of carbonyl (C=O) groups is 1. The first kappa shape index (κ1) is 14.8. The predicted molar refractivity (Wildman–Crippen MR) is 82.2 cm³/mol. The number of hydrogen-bond acceptors (Lipinski definition) is 4. The molecule has 0 aliphatic rings. The summed E-state index contributed by atoms with van der Waals surface area (Å²) in [5.41, 5.74) is 7.02. The topological polar surface area (TPSA) is 101 Å². The van der Waals surface area contributed by atoms with Gasteiger partial charge in [0.1, 0.15) is 0 Å². The first-order valence-corrected chi connectivity index (χ1v) is 6.78. The van der Waals surface area contributed by atoms with E-state index < -0.39 is 5.92 Å². The van der Waals surface area contributed by atoms with E-state index in [1.807, 2.05) is 37.3 Å². The van der Waals surface area contributed by atoms with Crippen LogP contribution in [0.15, 0.2) is 41.7 Å². The number of nitrogens with one attached hydrogen (secondary N) is 1. The molecule has 21 heavy (non-hydrogen) atoms. The lowest BCUT2D eigenvalue weighted by molar-refractivity contribution is -0.118. The highest BCUT2D eigenvalue weighted by atomic mass is 16.4. The fourth-order valence-electron chi connectivity index (χ4n) is 2.14. The van der Waals surface area contributed by atoms with Crippen molar-refractivity contribution in [3.8, 4) is 0 Å². The second kappa shape index (κ2) is 6.69. The number of anilines is 1. The molecular weight excluding hydrogens is 268 g/mol.